The number of hydrogen-bond donors (Lipinski definition) is 2. The third kappa shape index (κ3) is 4.23. The molecule has 3 aromatic heterocycles. The van der Waals surface area contributed by atoms with E-state index in [1.54, 1.807) is 10.8 Å². The van der Waals surface area contributed by atoms with Crippen molar-refractivity contribution in [3.8, 4) is 0 Å². The Morgan fingerprint density at radius 3 is 2.69 bits per heavy atom. The van der Waals surface area contributed by atoms with Crippen molar-refractivity contribution in [3.05, 3.63) is 90.4 Å². The Hall–Kier alpha value is -4.20. The number of aromatic amines is 1. The van der Waals surface area contributed by atoms with E-state index in [9.17, 15) is 4.79 Å². The Bertz CT molecular complexity index is 1450. The molecule has 1 aliphatic heterocycles. The van der Waals surface area contributed by atoms with E-state index in [0.717, 1.165) is 42.9 Å². The third-order valence-electron chi connectivity index (χ3n) is 7.02. The van der Waals surface area contributed by atoms with Crippen LogP contribution in [0.2, 0.25) is 0 Å². The van der Waals surface area contributed by atoms with Gasteiger partial charge in [0.05, 0.1) is 0 Å². The van der Waals surface area contributed by atoms with E-state index in [1.807, 2.05) is 24.3 Å². The van der Waals surface area contributed by atoms with Gasteiger partial charge in [-0.05, 0) is 42.2 Å². The largest absolute Gasteiger partial charge is 0.361 e. The normalized spacial score (nSPS) is 15.5. The summed E-state index contributed by atoms with van der Waals surface area (Å²) in [6.07, 6.45) is 5.29. The molecule has 0 radical (unpaired) electrons. The molecule has 0 aliphatic carbocycles. The first kappa shape index (κ1) is 21.3. The highest BCUT2D eigenvalue weighted by Crippen LogP contribution is 2.31. The molecule has 4 heterocycles. The number of nitrogens with one attached hydrogen (secondary N) is 2. The fourth-order valence-electron chi connectivity index (χ4n) is 5.08. The van der Waals surface area contributed by atoms with Crippen LogP contribution in [0, 0.1) is 5.92 Å². The van der Waals surface area contributed by atoms with E-state index in [1.165, 1.54) is 16.5 Å². The van der Waals surface area contributed by atoms with Crippen LogP contribution in [0.4, 0.5) is 5.82 Å². The molecule has 1 amide bonds. The predicted octanol–water partition coefficient (Wildman–Crippen LogP) is 3.77. The average Bonchev–Trinajstić information content (AvgIpc) is 3.56. The minimum Gasteiger partial charge on any atom is -0.361 e. The number of benzene rings is 2. The second kappa shape index (κ2) is 9.21. The van der Waals surface area contributed by atoms with Crippen LogP contribution in [0.15, 0.2) is 79.3 Å². The maximum Gasteiger partial charge on any atom is 0.223 e. The minimum atomic E-state index is 0.00397. The highest BCUT2D eigenvalue weighted by molar-refractivity contribution is 5.84. The van der Waals surface area contributed by atoms with Gasteiger partial charge in [-0.3, -0.25) is 4.79 Å². The number of carbonyl (C=O) groups excluding carboxylic acids is 1. The fourth-order valence-corrected chi connectivity index (χ4v) is 5.08. The van der Waals surface area contributed by atoms with Gasteiger partial charge in [0.1, 0.15) is 12.1 Å². The van der Waals surface area contributed by atoms with Crippen LogP contribution in [-0.4, -0.2) is 50.3 Å². The number of fused-ring (bicyclic) bond motifs is 2. The van der Waals surface area contributed by atoms with Crippen molar-refractivity contribution in [1.29, 1.82) is 0 Å². The number of rotatable bonds is 6. The van der Waals surface area contributed by atoms with Crippen molar-refractivity contribution in [1.82, 2.24) is 30.1 Å². The van der Waals surface area contributed by atoms with Crippen molar-refractivity contribution < 1.29 is 4.79 Å². The maximum atomic E-state index is 13.2. The molecule has 0 unspecified atom stereocenters. The molecular weight excluding hydrogens is 438 g/mol. The van der Waals surface area contributed by atoms with Gasteiger partial charge in [-0.1, -0.05) is 48.5 Å². The first-order chi connectivity index (χ1) is 17.3. The topological polar surface area (TPSA) is 91.2 Å². The van der Waals surface area contributed by atoms with Gasteiger partial charge in [0, 0.05) is 48.6 Å². The van der Waals surface area contributed by atoms with Gasteiger partial charge in [0.25, 0.3) is 0 Å². The molecule has 8 nitrogen and oxygen atoms in total. The van der Waals surface area contributed by atoms with Crippen molar-refractivity contribution >= 4 is 28.3 Å². The lowest BCUT2D eigenvalue weighted by atomic mass is 9.90. The summed E-state index contributed by atoms with van der Waals surface area (Å²) in [5.41, 5.74) is 4.24. The van der Waals surface area contributed by atoms with Crippen LogP contribution < -0.4 is 10.2 Å². The SMILES string of the molecule is O=C(NC[C@@H](c1ccccc1)c1c[nH]c2ccccc12)C1CCN(c2ccc3nncn3n2)CC1. The van der Waals surface area contributed by atoms with Crippen LogP contribution in [-0.2, 0) is 4.79 Å². The number of amides is 1. The molecule has 1 atom stereocenters. The molecule has 176 valence electrons. The Morgan fingerprint density at radius 1 is 1.03 bits per heavy atom. The molecule has 2 N–H and O–H groups in total. The monoisotopic (exact) mass is 465 g/mol. The molecule has 35 heavy (non-hydrogen) atoms. The van der Waals surface area contributed by atoms with Crippen LogP contribution in [0.3, 0.4) is 0 Å². The lowest BCUT2D eigenvalue weighted by molar-refractivity contribution is -0.125. The van der Waals surface area contributed by atoms with E-state index in [0.29, 0.717) is 6.54 Å². The van der Waals surface area contributed by atoms with Gasteiger partial charge >= 0.3 is 0 Å². The lowest BCUT2D eigenvalue weighted by Crippen LogP contribution is -2.42. The van der Waals surface area contributed by atoms with Crippen LogP contribution in [0.5, 0.6) is 0 Å². The summed E-state index contributed by atoms with van der Waals surface area (Å²) >= 11 is 0. The zero-order valence-corrected chi connectivity index (χ0v) is 19.3. The average molecular weight is 466 g/mol. The van der Waals surface area contributed by atoms with E-state index < -0.39 is 0 Å². The summed E-state index contributed by atoms with van der Waals surface area (Å²) in [5.74, 6) is 1.10. The van der Waals surface area contributed by atoms with E-state index in [-0.39, 0.29) is 17.7 Å². The summed E-state index contributed by atoms with van der Waals surface area (Å²) in [5, 5.41) is 17.0. The van der Waals surface area contributed by atoms with Gasteiger partial charge in [0.2, 0.25) is 5.91 Å². The number of piperidine rings is 1. The lowest BCUT2D eigenvalue weighted by Gasteiger charge is -2.32. The van der Waals surface area contributed by atoms with Crippen molar-refractivity contribution in [2.45, 2.75) is 18.8 Å². The molecule has 8 heteroatoms. The number of aromatic nitrogens is 5. The second-order valence-electron chi connectivity index (χ2n) is 9.08. The second-order valence-corrected chi connectivity index (χ2v) is 9.08. The zero-order chi connectivity index (χ0) is 23.6. The third-order valence-corrected chi connectivity index (χ3v) is 7.02. The maximum absolute atomic E-state index is 13.2. The number of para-hydroxylation sites is 1. The molecule has 6 rings (SSSR count). The number of carbonyl (C=O) groups is 1. The van der Waals surface area contributed by atoms with Crippen molar-refractivity contribution in [2.24, 2.45) is 5.92 Å². The standard InChI is InChI=1S/C27H27N7O/c35-27(20-12-14-33(15-13-20)26-11-10-25-31-30-18-34(25)32-26)29-16-22(19-6-2-1-3-7-19)23-17-28-24-9-5-4-8-21(23)24/h1-11,17-18,20,22,28H,12-16H2,(H,29,35)/t22-/m0/s1. The van der Waals surface area contributed by atoms with E-state index >= 15 is 0 Å². The number of hydrogen-bond acceptors (Lipinski definition) is 5. The molecule has 2 aromatic carbocycles. The highest BCUT2D eigenvalue weighted by atomic mass is 16.1. The number of H-pyrrole nitrogens is 1. The van der Waals surface area contributed by atoms with Gasteiger partial charge < -0.3 is 15.2 Å². The molecule has 5 aromatic rings. The van der Waals surface area contributed by atoms with Crippen molar-refractivity contribution in [2.75, 3.05) is 24.5 Å². The van der Waals surface area contributed by atoms with Gasteiger partial charge in [-0.2, -0.15) is 4.52 Å². The van der Waals surface area contributed by atoms with E-state index in [4.69, 9.17) is 0 Å². The Balaban J connectivity index is 1.13. The fraction of sp³-hybridized carbons (Fsp3) is 0.259. The molecule has 0 saturated carbocycles. The summed E-state index contributed by atoms with van der Waals surface area (Å²) in [4.78, 5) is 18.8. The first-order valence-electron chi connectivity index (χ1n) is 12.1. The molecule has 0 spiro atoms. The smallest absolute Gasteiger partial charge is 0.223 e. The van der Waals surface area contributed by atoms with Gasteiger partial charge in [0.15, 0.2) is 5.65 Å². The number of anilines is 1. The molecule has 1 saturated heterocycles. The highest BCUT2D eigenvalue weighted by Gasteiger charge is 2.27. The number of nitrogens with zero attached hydrogens (tertiary/aromatic N) is 5. The van der Waals surface area contributed by atoms with E-state index in [2.05, 4.69) is 79.2 Å². The zero-order valence-electron chi connectivity index (χ0n) is 19.3. The summed E-state index contributed by atoms with van der Waals surface area (Å²) < 4.78 is 1.68. The Morgan fingerprint density at radius 2 is 1.83 bits per heavy atom. The summed E-state index contributed by atoms with van der Waals surface area (Å²) in [6, 6.07) is 22.6. The molecular formula is C27H27N7O. The predicted molar refractivity (Wildman–Crippen MR) is 135 cm³/mol. The summed E-state index contributed by atoms with van der Waals surface area (Å²) in [6.45, 7) is 2.16. The van der Waals surface area contributed by atoms with Crippen molar-refractivity contribution in [3.63, 3.8) is 0 Å². The van der Waals surface area contributed by atoms with Crippen LogP contribution >= 0.6 is 0 Å². The van der Waals surface area contributed by atoms with Crippen LogP contribution in [0.1, 0.15) is 29.9 Å². The van der Waals surface area contributed by atoms with Gasteiger partial charge in [-0.15, -0.1) is 15.3 Å². The van der Waals surface area contributed by atoms with Gasteiger partial charge in [-0.25, -0.2) is 0 Å². The molecule has 1 aliphatic rings. The Labute approximate surface area is 203 Å². The Kier molecular flexibility index (Phi) is 5.62. The quantitative estimate of drug-likeness (QED) is 0.398. The molecule has 0 bridgehead atoms. The minimum absolute atomic E-state index is 0.00397. The van der Waals surface area contributed by atoms with Crippen LogP contribution in [0.25, 0.3) is 16.6 Å². The molecule has 1 fully saturated rings. The summed E-state index contributed by atoms with van der Waals surface area (Å²) in [7, 11) is 0. The first-order valence-corrected chi connectivity index (χ1v) is 12.1.